The molecule has 0 aliphatic carbocycles. The Kier molecular flexibility index (Phi) is 3.75. The summed E-state index contributed by atoms with van der Waals surface area (Å²) >= 11 is 0. The second-order valence-electron chi connectivity index (χ2n) is 5.54. The lowest BCUT2D eigenvalue weighted by Gasteiger charge is -2.28. The summed E-state index contributed by atoms with van der Waals surface area (Å²) < 4.78 is 5.20. The van der Waals surface area contributed by atoms with Crippen molar-refractivity contribution in [1.29, 1.82) is 0 Å². The fourth-order valence-corrected chi connectivity index (χ4v) is 2.75. The van der Waals surface area contributed by atoms with Gasteiger partial charge in [-0.2, -0.15) is 0 Å². The van der Waals surface area contributed by atoms with Crippen LogP contribution in [0.3, 0.4) is 0 Å². The molecule has 0 spiro atoms. The van der Waals surface area contributed by atoms with E-state index in [1.807, 2.05) is 12.1 Å². The van der Waals surface area contributed by atoms with Crippen molar-refractivity contribution in [2.75, 3.05) is 6.54 Å². The number of nitrogens with one attached hydrogen (secondary N) is 2. The van der Waals surface area contributed by atoms with Gasteiger partial charge in [-0.25, -0.2) is 4.79 Å². The zero-order chi connectivity index (χ0) is 14.8. The number of carbonyl (C=O) groups is 1. The first-order chi connectivity index (χ1) is 10.1. The molecule has 5 nitrogen and oxygen atoms in total. The minimum absolute atomic E-state index is 0.0693. The molecule has 1 aromatic carbocycles. The molecule has 2 unspecified atom stereocenters. The topological polar surface area (TPSA) is 71.3 Å². The Balaban J connectivity index is 1.84. The van der Waals surface area contributed by atoms with Gasteiger partial charge < -0.3 is 15.1 Å². The number of piperidine rings is 1. The summed E-state index contributed by atoms with van der Waals surface area (Å²) in [6.45, 7) is 2.96. The van der Waals surface area contributed by atoms with Crippen LogP contribution >= 0.6 is 0 Å². The van der Waals surface area contributed by atoms with Gasteiger partial charge in [0.15, 0.2) is 0 Å². The molecule has 1 aromatic heterocycles. The number of hydrogen-bond donors (Lipinski definition) is 2. The molecule has 110 valence electrons. The molecule has 1 aliphatic rings. The van der Waals surface area contributed by atoms with Gasteiger partial charge in [-0.15, -0.1) is 0 Å². The van der Waals surface area contributed by atoms with Crippen LogP contribution in [0.5, 0.6) is 0 Å². The molecule has 2 atom stereocenters. The summed E-state index contributed by atoms with van der Waals surface area (Å²) in [5.41, 5.74) is -0.0254. The lowest BCUT2D eigenvalue weighted by molar-refractivity contribution is 0.0922. The highest BCUT2D eigenvalue weighted by atomic mass is 16.4. The summed E-state index contributed by atoms with van der Waals surface area (Å²) in [5, 5.41) is 7.01. The summed E-state index contributed by atoms with van der Waals surface area (Å²) in [6.07, 6.45) is 1.74. The van der Waals surface area contributed by atoms with E-state index in [1.165, 1.54) is 0 Å². The van der Waals surface area contributed by atoms with Gasteiger partial charge in [-0.3, -0.25) is 4.79 Å². The number of benzene rings is 1. The highest BCUT2D eigenvalue weighted by Gasteiger charge is 2.22. The normalized spacial score (nSPS) is 22.1. The molecule has 5 heteroatoms. The molecule has 0 bridgehead atoms. The maximum atomic E-state index is 12.3. The molecule has 1 fully saturated rings. The van der Waals surface area contributed by atoms with Gasteiger partial charge in [0, 0.05) is 17.5 Å². The highest BCUT2D eigenvalue weighted by Crippen LogP contribution is 2.13. The van der Waals surface area contributed by atoms with Gasteiger partial charge in [0.05, 0.1) is 0 Å². The zero-order valence-corrected chi connectivity index (χ0v) is 11.9. The number of hydrogen-bond acceptors (Lipinski definition) is 4. The van der Waals surface area contributed by atoms with Crippen LogP contribution in [0.25, 0.3) is 11.0 Å². The van der Waals surface area contributed by atoms with Gasteiger partial charge in [0.25, 0.3) is 5.91 Å². The maximum Gasteiger partial charge on any atom is 0.349 e. The third-order valence-electron chi connectivity index (χ3n) is 3.84. The van der Waals surface area contributed by atoms with Gasteiger partial charge in [0.1, 0.15) is 11.1 Å². The van der Waals surface area contributed by atoms with E-state index in [1.54, 1.807) is 18.2 Å². The summed E-state index contributed by atoms with van der Waals surface area (Å²) in [5.74, 6) is -0.353. The van der Waals surface area contributed by atoms with Gasteiger partial charge >= 0.3 is 5.63 Å². The summed E-state index contributed by atoms with van der Waals surface area (Å²) in [6, 6.07) is 9.24. The molecule has 2 aromatic rings. The molecule has 2 N–H and O–H groups in total. The molecule has 21 heavy (non-hydrogen) atoms. The van der Waals surface area contributed by atoms with Crippen molar-refractivity contribution in [3.05, 3.63) is 46.3 Å². The van der Waals surface area contributed by atoms with E-state index in [-0.39, 0.29) is 17.5 Å². The average molecular weight is 286 g/mol. The monoisotopic (exact) mass is 286 g/mol. The first-order valence-corrected chi connectivity index (χ1v) is 7.20. The number of carbonyl (C=O) groups excluding carboxylic acids is 1. The van der Waals surface area contributed by atoms with E-state index >= 15 is 0 Å². The van der Waals surface area contributed by atoms with Crippen molar-refractivity contribution in [2.45, 2.75) is 31.8 Å². The predicted molar refractivity (Wildman–Crippen MR) is 80.4 cm³/mol. The third kappa shape index (κ3) is 2.97. The summed E-state index contributed by atoms with van der Waals surface area (Å²) in [4.78, 5) is 24.2. The molecule has 3 rings (SSSR count). The quantitative estimate of drug-likeness (QED) is 0.824. The van der Waals surface area contributed by atoms with E-state index in [0.29, 0.717) is 11.6 Å². The second kappa shape index (κ2) is 5.69. The summed E-state index contributed by atoms with van der Waals surface area (Å²) in [7, 11) is 0. The molecule has 0 radical (unpaired) electrons. The van der Waals surface area contributed by atoms with Crippen LogP contribution in [0, 0.1) is 0 Å². The van der Waals surface area contributed by atoms with Crippen LogP contribution in [0.4, 0.5) is 0 Å². The Morgan fingerprint density at radius 2 is 2.19 bits per heavy atom. The Morgan fingerprint density at radius 1 is 1.38 bits per heavy atom. The molecular weight excluding hydrogens is 268 g/mol. The maximum absolute atomic E-state index is 12.3. The zero-order valence-electron chi connectivity index (χ0n) is 11.9. The minimum Gasteiger partial charge on any atom is -0.422 e. The Morgan fingerprint density at radius 3 is 3.00 bits per heavy atom. The number of para-hydroxylation sites is 1. The van der Waals surface area contributed by atoms with Gasteiger partial charge in [-0.05, 0) is 38.4 Å². The van der Waals surface area contributed by atoms with Crippen molar-refractivity contribution < 1.29 is 9.21 Å². The van der Waals surface area contributed by atoms with Crippen LogP contribution in [0.2, 0.25) is 0 Å². The van der Waals surface area contributed by atoms with Crippen LogP contribution in [0.15, 0.2) is 39.5 Å². The van der Waals surface area contributed by atoms with Gasteiger partial charge in [0.2, 0.25) is 0 Å². The van der Waals surface area contributed by atoms with Gasteiger partial charge in [-0.1, -0.05) is 18.2 Å². The highest BCUT2D eigenvalue weighted by molar-refractivity contribution is 5.96. The number of rotatable bonds is 2. The van der Waals surface area contributed by atoms with E-state index in [2.05, 4.69) is 17.6 Å². The van der Waals surface area contributed by atoms with Crippen molar-refractivity contribution in [3.8, 4) is 0 Å². The van der Waals surface area contributed by atoms with E-state index in [9.17, 15) is 9.59 Å². The second-order valence-corrected chi connectivity index (χ2v) is 5.54. The fraction of sp³-hybridized carbons (Fsp3) is 0.375. The number of fused-ring (bicyclic) bond motifs is 1. The van der Waals surface area contributed by atoms with E-state index < -0.39 is 5.63 Å². The van der Waals surface area contributed by atoms with E-state index in [0.717, 1.165) is 24.8 Å². The van der Waals surface area contributed by atoms with E-state index in [4.69, 9.17) is 4.42 Å². The standard InChI is InChI=1S/C16H18N2O3/c1-10-8-12(6-7-17-10)18-15(19)13-9-11-4-2-3-5-14(11)21-16(13)20/h2-5,9-10,12,17H,6-8H2,1H3,(H,18,19). The molecule has 2 heterocycles. The largest absolute Gasteiger partial charge is 0.422 e. The smallest absolute Gasteiger partial charge is 0.349 e. The Labute approximate surface area is 122 Å². The first-order valence-electron chi connectivity index (χ1n) is 7.20. The predicted octanol–water partition coefficient (Wildman–Crippen LogP) is 1.66. The van der Waals surface area contributed by atoms with Crippen molar-refractivity contribution in [1.82, 2.24) is 10.6 Å². The van der Waals surface area contributed by atoms with Crippen LogP contribution in [0.1, 0.15) is 30.1 Å². The lowest BCUT2D eigenvalue weighted by atomic mass is 10.0. The van der Waals surface area contributed by atoms with Crippen molar-refractivity contribution >= 4 is 16.9 Å². The van der Waals surface area contributed by atoms with Crippen LogP contribution in [-0.2, 0) is 0 Å². The number of amides is 1. The molecule has 0 saturated carbocycles. The molecule has 1 saturated heterocycles. The Bertz CT molecular complexity index is 723. The van der Waals surface area contributed by atoms with Crippen LogP contribution < -0.4 is 16.3 Å². The average Bonchev–Trinajstić information content (AvgIpc) is 2.46. The van der Waals surface area contributed by atoms with Crippen LogP contribution in [-0.4, -0.2) is 24.5 Å². The van der Waals surface area contributed by atoms with Crippen molar-refractivity contribution in [3.63, 3.8) is 0 Å². The minimum atomic E-state index is -0.590. The fourth-order valence-electron chi connectivity index (χ4n) is 2.75. The molecule has 1 aliphatic heterocycles. The first kappa shape index (κ1) is 13.8. The lowest BCUT2D eigenvalue weighted by Crippen LogP contribution is -2.47. The SMILES string of the molecule is CC1CC(NC(=O)c2cc3ccccc3oc2=O)CCN1. The molecular formula is C16H18N2O3. The Hall–Kier alpha value is -2.14. The molecule has 1 amide bonds. The van der Waals surface area contributed by atoms with Crippen molar-refractivity contribution in [2.24, 2.45) is 0 Å². The third-order valence-corrected chi connectivity index (χ3v) is 3.84.